The van der Waals surface area contributed by atoms with Crippen LogP contribution in [0.25, 0.3) is 11.3 Å². The van der Waals surface area contributed by atoms with E-state index in [0.717, 1.165) is 28.0 Å². The predicted octanol–water partition coefficient (Wildman–Crippen LogP) is 4.62. The lowest BCUT2D eigenvalue weighted by Gasteiger charge is -2.11. The molecule has 1 heterocycles. The number of aryl methyl sites for hydroxylation is 2. The summed E-state index contributed by atoms with van der Waals surface area (Å²) in [4.78, 5) is 29.5. The van der Waals surface area contributed by atoms with Crippen molar-refractivity contribution < 1.29 is 19.1 Å². The maximum atomic E-state index is 12.4. The molecule has 0 atom stereocenters. The number of aromatic nitrogens is 1. The highest BCUT2D eigenvalue weighted by Crippen LogP contribution is 2.32. The van der Waals surface area contributed by atoms with Crippen LogP contribution >= 0.6 is 11.3 Å². The molecule has 0 radical (unpaired) electrons. The van der Waals surface area contributed by atoms with Gasteiger partial charge in [0.15, 0.2) is 11.7 Å². The number of nitrogens with one attached hydrogen (secondary N) is 1. The number of ether oxygens (including phenoxy) is 2. The second-order valence-corrected chi connectivity index (χ2v) is 7.34. The van der Waals surface area contributed by atoms with Gasteiger partial charge in [0.2, 0.25) is 0 Å². The van der Waals surface area contributed by atoms with Gasteiger partial charge in [-0.1, -0.05) is 59.9 Å². The van der Waals surface area contributed by atoms with E-state index >= 15 is 0 Å². The highest BCUT2D eigenvalue weighted by Gasteiger charge is 2.21. The number of esters is 1. The minimum absolute atomic E-state index is 0.152. The van der Waals surface area contributed by atoms with Crippen molar-refractivity contribution in [1.82, 2.24) is 4.98 Å². The van der Waals surface area contributed by atoms with E-state index in [4.69, 9.17) is 9.47 Å². The SMILES string of the molecule is CCOC(=O)c1sc(NC(=O)COc2c(C)cccc2C)nc1-c1ccccc1. The molecule has 7 heteroatoms. The average Bonchev–Trinajstić information content (AvgIpc) is 3.12. The van der Waals surface area contributed by atoms with Crippen molar-refractivity contribution in [1.29, 1.82) is 0 Å². The number of carbonyl (C=O) groups is 2. The maximum absolute atomic E-state index is 12.4. The van der Waals surface area contributed by atoms with Gasteiger partial charge in [-0.2, -0.15) is 0 Å². The third-order valence-electron chi connectivity index (χ3n) is 4.14. The van der Waals surface area contributed by atoms with Crippen molar-refractivity contribution in [2.24, 2.45) is 0 Å². The highest BCUT2D eigenvalue weighted by atomic mass is 32.1. The molecule has 0 saturated carbocycles. The van der Waals surface area contributed by atoms with Crippen LogP contribution in [0.1, 0.15) is 27.7 Å². The van der Waals surface area contributed by atoms with E-state index in [1.54, 1.807) is 6.92 Å². The van der Waals surface area contributed by atoms with Crippen molar-refractivity contribution in [3.8, 4) is 17.0 Å². The molecule has 0 aliphatic heterocycles. The van der Waals surface area contributed by atoms with Crippen molar-refractivity contribution >= 4 is 28.3 Å². The Morgan fingerprint density at radius 3 is 2.38 bits per heavy atom. The fourth-order valence-corrected chi connectivity index (χ4v) is 3.72. The molecule has 0 aliphatic carbocycles. The van der Waals surface area contributed by atoms with Gasteiger partial charge >= 0.3 is 5.97 Å². The zero-order valence-corrected chi connectivity index (χ0v) is 17.3. The number of anilines is 1. The van der Waals surface area contributed by atoms with Crippen LogP contribution < -0.4 is 10.1 Å². The molecule has 2 aromatic carbocycles. The molecule has 0 aliphatic rings. The summed E-state index contributed by atoms with van der Waals surface area (Å²) in [5.41, 5.74) is 3.19. The van der Waals surface area contributed by atoms with Crippen molar-refractivity contribution in [3.05, 3.63) is 64.5 Å². The Morgan fingerprint density at radius 2 is 1.72 bits per heavy atom. The lowest BCUT2D eigenvalue weighted by atomic mass is 10.1. The number of hydrogen-bond acceptors (Lipinski definition) is 6. The summed E-state index contributed by atoms with van der Waals surface area (Å²) in [7, 11) is 0. The second-order valence-electron chi connectivity index (χ2n) is 6.34. The van der Waals surface area contributed by atoms with Gasteiger partial charge in [0.1, 0.15) is 10.6 Å². The minimum atomic E-state index is -0.462. The number of rotatable bonds is 7. The molecule has 3 rings (SSSR count). The Morgan fingerprint density at radius 1 is 1.03 bits per heavy atom. The quantitative estimate of drug-likeness (QED) is 0.575. The van der Waals surface area contributed by atoms with Gasteiger partial charge in [0.05, 0.1) is 12.3 Å². The number of hydrogen-bond donors (Lipinski definition) is 1. The standard InChI is InChI=1S/C22H22N2O4S/c1-4-27-21(26)20-18(16-11-6-5-7-12-16)24-22(29-20)23-17(25)13-28-19-14(2)9-8-10-15(19)3/h5-12H,4,13H2,1-3H3,(H,23,24,25). The average molecular weight is 410 g/mol. The van der Waals surface area contributed by atoms with Gasteiger partial charge in [-0.05, 0) is 31.9 Å². The van der Waals surface area contributed by atoms with E-state index in [9.17, 15) is 9.59 Å². The summed E-state index contributed by atoms with van der Waals surface area (Å²) in [5.74, 6) is -0.119. The summed E-state index contributed by atoms with van der Waals surface area (Å²) >= 11 is 1.09. The molecule has 1 amide bonds. The van der Waals surface area contributed by atoms with Crippen LogP contribution in [0.5, 0.6) is 5.75 Å². The summed E-state index contributed by atoms with van der Waals surface area (Å²) in [5, 5.41) is 3.04. The first kappa shape index (κ1) is 20.5. The van der Waals surface area contributed by atoms with Crippen LogP contribution in [0.15, 0.2) is 48.5 Å². The molecule has 29 heavy (non-hydrogen) atoms. The first-order chi connectivity index (χ1) is 14.0. The Kier molecular flexibility index (Phi) is 6.61. The number of nitrogens with zero attached hydrogens (tertiary/aromatic N) is 1. The maximum Gasteiger partial charge on any atom is 0.350 e. The molecule has 1 N–H and O–H groups in total. The third-order valence-corrected chi connectivity index (χ3v) is 5.09. The number of benzene rings is 2. The van der Waals surface area contributed by atoms with E-state index in [0.29, 0.717) is 21.5 Å². The van der Waals surface area contributed by atoms with Crippen LogP contribution in [-0.2, 0) is 9.53 Å². The van der Waals surface area contributed by atoms with Crippen molar-refractivity contribution in [2.75, 3.05) is 18.5 Å². The number of carbonyl (C=O) groups excluding carboxylic acids is 2. The number of para-hydroxylation sites is 1. The van der Waals surface area contributed by atoms with Crippen LogP contribution in [0, 0.1) is 13.8 Å². The summed E-state index contributed by atoms with van der Waals surface area (Å²) in [6, 6.07) is 15.1. The van der Waals surface area contributed by atoms with Crippen molar-refractivity contribution in [3.63, 3.8) is 0 Å². The summed E-state index contributed by atoms with van der Waals surface area (Å²) in [6.07, 6.45) is 0. The molecule has 0 fully saturated rings. The summed E-state index contributed by atoms with van der Waals surface area (Å²) in [6.45, 7) is 5.71. The Bertz CT molecular complexity index is 995. The number of thiazole rings is 1. The summed E-state index contributed by atoms with van der Waals surface area (Å²) < 4.78 is 10.8. The first-order valence-corrected chi connectivity index (χ1v) is 10.0. The minimum Gasteiger partial charge on any atom is -0.483 e. The van der Waals surface area contributed by atoms with Gasteiger partial charge in [-0.25, -0.2) is 9.78 Å². The Labute approximate surface area is 173 Å². The van der Waals surface area contributed by atoms with E-state index < -0.39 is 5.97 Å². The van der Waals surface area contributed by atoms with Crippen LogP contribution in [0.3, 0.4) is 0 Å². The Balaban J connectivity index is 1.76. The van der Waals surface area contributed by atoms with Crippen LogP contribution in [0.2, 0.25) is 0 Å². The van der Waals surface area contributed by atoms with E-state index in [1.165, 1.54) is 0 Å². The molecule has 0 unspecified atom stereocenters. The van der Waals surface area contributed by atoms with Crippen LogP contribution in [-0.4, -0.2) is 30.1 Å². The lowest BCUT2D eigenvalue weighted by molar-refractivity contribution is -0.118. The smallest absolute Gasteiger partial charge is 0.350 e. The van der Waals surface area contributed by atoms with Gasteiger partial charge < -0.3 is 9.47 Å². The van der Waals surface area contributed by atoms with Gasteiger partial charge in [0.25, 0.3) is 5.91 Å². The molecule has 150 valence electrons. The second kappa shape index (κ2) is 9.34. The van der Waals surface area contributed by atoms with Crippen LogP contribution in [0.4, 0.5) is 5.13 Å². The zero-order chi connectivity index (χ0) is 20.8. The lowest BCUT2D eigenvalue weighted by Crippen LogP contribution is -2.20. The molecule has 0 bridgehead atoms. The van der Waals surface area contributed by atoms with Gasteiger partial charge in [-0.15, -0.1) is 0 Å². The Hall–Kier alpha value is -3.19. The number of amides is 1. The fraction of sp³-hybridized carbons (Fsp3) is 0.227. The normalized spacial score (nSPS) is 10.4. The topological polar surface area (TPSA) is 77.5 Å². The molecule has 0 spiro atoms. The molecular formula is C22H22N2O4S. The first-order valence-electron chi connectivity index (χ1n) is 9.21. The third kappa shape index (κ3) is 5.00. The fourth-order valence-electron chi connectivity index (χ4n) is 2.82. The van der Waals surface area contributed by atoms with Crippen molar-refractivity contribution in [2.45, 2.75) is 20.8 Å². The largest absolute Gasteiger partial charge is 0.483 e. The highest BCUT2D eigenvalue weighted by molar-refractivity contribution is 7.18. The van der Waals surface area contributed by atoms with Gasteiger partial charge in [0, 0.05) is 5.56 Å². The predicted molar refractivity (Wildman–Crippen MR) is 114 cm³/mol. The van der Waals surface area contributed by atoms with E-state index in [-0.39, 0.29) is 19.1 Å². The molecule has 6 nitrogen and oxygen atoms in total. The van der Waals surface area contributed by atoms with E-state index in [2.05, 4.69) is 10.3 Å². The van der Waals surface area contributed by atoms with Gasteiger partial charge in [-0.3, -0.25) is 10.1 Å². The molecular weight excluding hydrogens is 388 g/mol. The molecule has 1 aromatic heterocycles. The monoisotopic (exact) mass is 410 g/mol. The molecule has 3 aromatic rings. The molecule has 0 saturated heterocycles. The zero-order valence-electron chi connectivity index (χ0n) is 16.5. The van der Waals surface area contributed by atoms with E-state index in [1.807, 2.05) is 62.4 Å².